The van der Waals surface area contributed by atoms with E-state index in [-0.39, 0.29) is 0 Å². The van der Waals surface area contributed by atoms with Crippen molar-refractivity contribution in [2.75, 3.05) is 19.0 Å². The van der Waals surface area contributed by atoms with E-state index >= 15 is 0 Å². The highest BCUT2D eigenvalue weighted by Gasteiger charge is 2.03. The molecule has 0 amide bonds. The van der Waals surface area contributed by atoms with Crippen LogP contribution in [-0.4, -0.2) is 25.3 Å². The number of hydrogen-bond acceptors (Lipinski definition) is 4. The molecule has 0 aliphatic heterocycles. The number of rotatable bonds is 8. The Hall–Kier alpha value is -1.94. The minimum atomic E-state index is 0.583. The predicted molar refractivity (Wildman–Crippen MR) is 85.7 cm³/mol. The average molecular weight is 302 g/mol. The second-order valence-electron chi connectivity index (χ2n) is 4.27. The van der Waals surface area contributed by atoms with Crippen LogP contribution in [0.1, 0.15) is 17.3 Å². The molecular formula is C17H18O3S. The van der Waals surface area contributed by atoms with Gasteiger partial charge in [-0.05, 0) is 31.2 Å². The van der Waals surface area contributed by atoms with Crippen LogP contribution < -0.4 is 9.47 Å². The first kappa shape index (κ1) is 15.4. The molecule has 0 unspecified atom stereocenters. The summed E-state index contributed by atoms with van der Waals surface area (Å²) in [6.07, 6.45) is 0.860. The molecule has 0 N–H and O–H groups in total. The molecular weight excluding hydrogens is 284 g/mol. The summed E-state index contributed by atoms with van der Waals surface area (Å²) in [6.45, 7) is 3.15. The van der Waals surface area contributed by atoms with Crippen LogP contribution in [0.2, 0.25) is 0 Å². The summed E-state index contributed by atoms with van der Waals surface area (Å²) in [4.78, 5) is 11.8. The first-order valence-corrected chi connectivity index (χ1v) is 7.84. The minimum Gasteiger partial charge on any atom is -0.490 e. The molecule has 0 bridgehead atoms. The van der Waals surface area contributed by atoms with E-state index in [0.717, 1.165) is 28.4 Å². The van der Waals surface area contributed by atoms with Crippen molar-refractivity contribution in [1.82, 2.24) is 0 Å². The monoisotopic (exact) mass is 302 g/mol. The van der Waals surface area contributed by atoms with Crippen molar-refractivity contribution >= 4 is 18.0 Å². The van der Waals surface area contributed by atoms with Crippen LogP contribution in [0.15, 0.2) is 53.4 Å². The van der Waals surface area contributed by atoms with Crippen molar-refractivity contribution in [2.45, 2.75) is 11.8 Å². The van der Waals surface area contributed by atoms with Crippen molar-refractivity contribution in [2.24, 2.45) is 0 Å². The van der Waals surface area contributed by atoms with Gasteiger partial charge in [0.15, 0.2) is 11.5 Å². The molecule has 0 radical (unpaired) electrons. The van der Waals surface area contributed by atoms with E-state index in [9.17, 15) is 4.79 Å². The van der Waals surface area contributed by atoms with E-state index in [2.05, 4.69) is 0 Å². The second kappa shape index (κ2) is 8.37. The van der Waals surface area contributed by atoms with Crippen molar-refractivity contribution < 1.29 is 14.3 Å². The maximum Gasteiger partial charge on any atom is 0.161 e. The van der Waals surface area contributed by atoms with E-state index in [1.807, 2.05) is 49.4 Å². The van der Waals surface area contributed by atoms with Crippen LogP contribution in [-0.2, 0) is 0 Å². The Morgan fingerprint density at radius 2 is 1.81 bits per heavy atom. The number of para-hydroxylation sites is 2. The highest BCUT2D eigenvalue weighted by molar-refractivity contribution is 7.99. The Morgan fingerprint density at radius 1 is 1.05 bits per heavy atom. The molecule has 0 heterocycles. The third-order valence-corrected chi connectivity index (χ3v) is 3.71. The number of benzene rings is 2. The van der Waals surface area contributed by atoms with Crippen molar-refractivity contribution in [3.63, 3.8) is 0 Å². The Kier molecular flexibility index (Phi) is 6.16. The van der Waals surface area contributed by atoms with Gasteiger partial charge >= 0.3 is 0 Å². The van der Waals surface area contributed by atoms with Crippen molar-refractivity contribution in [3.05, 3.63) is 54.1 Å². The van der Waals surface area contributed by atoms with Crippen LogP contribution in [0, 0.1) is 0 Å². The molecule has 2 rings (SSSR count). The molecule has 0 saturated heterocycles. The largest absolute Gasteiger partial charge is 0.490 e. The lowest BCUT2D eigenvalue weighted by Crippen LogP contribution is -2.02. The molecule has 0 atom stereocenters. The summed E-state index contributed by atoms with van der Waals surface area (Å²) in [7, 11) is 0. The highest BCUT2D eigenvalue weighted by Crippen LogP contribution is 2.27. The van der Waals surface area contributed by atoms with E-state index in [1.165, 1.54) is 0 Å². The van der Waals surface area contributed by atoms with Gasteiger partial charge in [0.05, 0.1) is 13.2 Å². The zero-order chi connectivity index (χ0) is 14.9. The van der Waals surface area contributed by atoms with Crippen LogP contribution in [0.5, 0.6) is 11.5 Å². The molecule has 0 aliphatic carbocycles. The van der Waals surface area contributed by atoms with Crippen molar-refractivity contribution in [1.29, 1.82) is 0 Å². The molecule has 0 aliphatic rings. The van der Waals surface area contributed by atoms with Crippen LogP contribution in [0.3, 0.4) is 0 Å². The Morgan fingerprint density at radius 3 is 2.52 bits per heavy atom. The first-order chi connectivity index (χ1) is 10.3. The van der Waals surface area contributed by atoms with E-state index < -0.39 is 0 Å². The Balaban J connectivity index is 1.83. The summed E-state index contributed by atoms with van der Waals surface area (Å²) < 4.78 is 11.3. The average Bonchev–Trinajstić information content (AvgIpc) is 2.53. The lowest BCUT2D eigenvalue weighted by molar-refractivity contribution is 0.112. The number of carbonyl (C=O) groups excluding carboxylic acids is 1. The quantitative estimate of drug-likeness (QED) is 0.418. The van der Waals surface area contributed by atoms with Gasteiger partial charge in [-0.15, -0.1) is 11.8 Å². The highest BCUT2D eigenvalue weighted by atomic mass is 32.2. The summed E-state index contributed by atoms with van der Waals surface area (Å²) in [5.74, 6) is 2.34. The number of aldehydes is 1. The van der Waals surface area contributed by atoms with E-state index in [0.29, 0.717) is 18.8 Å². The zero-order valence-electron chi connectivity index (χ0n) is 12.0. The van der Waals surface area contributed by atoms with Crippen LogP contribution in [0.4, 0.5) is 0 Å². The third kappa shape index (κ3) is 4.83. The smallest absolute Gasteiger partial charge is 0.161 e. The van der Waals surface area contributed by atoms with Gasteiger partial charge in [-0.25, -0.2) is 0 Å². The van der Waals surface area contributed by atoms with Gasteiger partial charge < -0.3 is 9.47 Å². The van der Waals surface area contributed by atoms with Crippen LogP contribution in [0.25, 0.3) is 0 Å². The summed E-state index contributed by atoms with van der Waals surface area (Å²) >= 11 is 1.66. The van der Waals surface area contributed by atoms with Gasteiger partial charge in [0.2, 0.25) is 0 Å². The number of ether oxygens (including phenoxy) is 2. The normalized spacial score (nSPS) is 10.1. The summed E-state index contributed by atoms with van der Waals surface area (Å²) in [5.41, 5.74) is 0.697. The molecule has 3 nitrogen and oxygen atoms in total. The van der Waals surface area contributed by atoms with Gasteiger partial charge in [-0.3, -0.25) is 4.79 Å². The lowest BCUT2D eigenvalue weighted by Gasteiger charge is -2.11. The number of carbonyl (C=O) groups is 1. The van der Waals surface area contributed by atoms with Crippen LogP contribution >= 0.6 is 11.8 Å². The zero-order valence-corrected chi connectivity index (χ0v) is 12.8. The fourth-order valence-corrected chi connectivity index (χ4v) is 2.63. The van der Waals surface area contributed by atoms with Gasteiger partial charge in [0, 0.05) is 16.2 Å². The van der Waals surface area contributed by atoms with Gasteiger partial charge in [0.25, 0.3) is 0 Å². The molecule has 2 aromatic carbocycles. The maximum atomic E-state index is 10.7. The first-order valence-electron chi connectivity index (χ1n) is 6.86. The van der Waals surface area contributed by atoms with Gasteiger partial charge in [-0.1, -0.05) is 24.3 Å². The number of thioether (sulfide) groups is 1. The lowest BCUT2D eigenvalue weighted by atomic mass is 10.2. The van der Waals surface area contributed by atoms with Gasteiger partial charge in [-0.2, -0.15) is 0 Å². The maximum absolute atomic E-state index is 10.7. The van der Waals surface area contributed by atoms with Gasteiger partial charge in [0.1, 0.15) is 6.29 Å². The molecule has 0 aromatic heterocycles. The molecule has 0 fully saturated rings. The fourth-order valence-electron chi connectivity index (χ4n) is 1.83. The standard InChI is InChI=1S/C17H18O3S/c1-2-19-16-8-3-4-9-17(16)20-10-11-21-15-7-5-6-14(12-15)13-18/h3-9,12-13H,2,10-11H2,1H3. The fraction of sp³-hybridized carbons (Fsp3) is 0.235. The molecule has 4 heteroatoms. The number of hydrogen-bond donors (Lipinski definition) is 0. The summed E-state index contributed by atoms with van der Waals surface area (Å²) in [6, 6.07) is 15.2. The third-order valence-electron chi connectivity index (χ3n) is 2.75. The van der Waals surface area contributed by atoms with E-state index in [1.54, 1.807) is 17.8 Å². The van der Waals surface area contributed by atoms with E-state index in [4.69, 9.17) is 9.47 Å². The molecule has 2 aromatic rings. The molecule has 0 saturated carbocycles. The predicted octanol–water partition coefficient (Wildman–Crippen LogP) is 4.07. The second-order valence-corrected chi connectivity index (χ2v) is 5.44. The minimum absolute atomic E-state index is 0.583. The topological polar surface area (TPSA) is 35.5 Å². The Labute approximate surface area is 129 Å². The Bertz CT molecular complexity index is 584. The molecule has 110 valence electrons. The molecule has 0 spiro atoms. The SMILES string of the molecule is CCOc1ccccc1OCCSc1cccc(C=O)c1. The summed E-state index contributed by atoms with van der Waals surface area (Å²) in [5, 5.41) is 0. The van der Waals surface area contributed by atoms with Crippen molar-refractivity contribution in [3.8, 4) is 11.5 Å². The molecule has 21 heavy (non-hydrogen) atoms.